The summed E-state index contributed by atoms with van der Waals surface area (Å²) in [5.74, 6) is 1.02. The van der Waals surface area contributed by atoms with Gasteiger partial charge in [-0.25, -0.2) is 0 Å². The smallest absolute Gasteiger partial charge is 0.310 e. The summed E-state index contributed by atoms with van der Waals surface area (Å²) in [4.78, 5) is 11.6. The molecule has 3 atom stereocenters. The number of rotatable bonds is 3. The SMILES string of the molecule is O=C1O[C@]2(C3CC3)CC[C@@H]2C1CCO. The second kappa shape index (κ2) is 2.72. The first-order valence-electron chi connectivity index (χ1n) is 5.61. The number of esters is 1. The molecular weight excluding hydrogens is 180 g/mol. The molecule has 0 aromatic rings. The van der Waals surface area contributed by atoms with Gasteiger partial charge in [-0.2, -0.15) is 0 Å². The number of aliphatic hydroxyl groups is 1. The van der Waals surface area contributed by atoms with Crippen molar-refractivity contribution in [2.75, 3.05) is 6.61 Å². The summed E-state index contributed by atoms with van der Waals surface area (Å²) >= 11 is 0. The zero-order chi connectivity index (χ0) is 9.76. The van der Waals surface area contributed by atoms with E-state index in [1.54, 1.807) is 0 Å². The summed E-state index contributed by atoms with van der Waals surface area (Å²) in [5.41, 5.74) is -0.0725. The molecule has 78 valence electrons. The summed E-state index contributed by atoms with van der Waals surface area (Å²) in [6.07, 6.45) is 5.24. The van der Waals surface area contributed by atoms with E-state index >= 15 is 0 Å². The quantitative estimate of drug-likeness (QED) is 0.687. The lowest BCUT2D eigenvalue weighted by Gasteiger charge is -2.44. The maximum Gasteiger partial charge on any atom is 0.310 e. The molecule has 3 rings (SSSR count). The van der Waals surface area contributed by atoms with Crippen LogP contribution in [0.3, 0.4) is 0 Å². The second-order valence-electron chi connectivity index (χ2n) is 4.91. The lowest BCUT2D eigenvalue weighted by Crippen LogP contribution is -2.48. The van der Waals surface area contributed by atoms with E-state index in [0.29, 0.717) is 18.3 Å². The average molecular weight is 196 g/mol. The maximum absolute atomic E-state index is 11.6. The van der Waals surface area contributed by atoms with Crippen LogP contribution >= 0.6 is 0 Å². The van der Waals surface area contributed by atoms with Gasteiger partial charge in [0.05, 0.1) is 5.92 Å². The molecule has 1 aliphatic heterocycles. The van der Waals surface area contributed by atoms with Crippen LogP contribution in [0.5, 0.6) is 0 Å². The third-order valence-corrected chi connectivity index (χ3v) is 4.26. The molecule has 3 nitrogen and oxygen atoms in total. The lowest BCUT2D eigenvalue weighted by molar-refractivity contribution is -0.159. The summed E-state index contributed by atoms with van der Waals surface area (Å²) in [7, 11) is 0. The van der Waals surface area contributed by atoms with Crippen molar-refractivity contribution in [2.45, 2.75) is 37.7 Å². The van der Waals surface area contributed by atoms with Crippen molar-refractivity contribution >= 4 is 5.97 Å². The number of aliphatic hydroxyl groups excluding tert-OH is 1. The van der Waals surface area contributed by atoms with Gasteiger partial charge < -0.3 is 9.84 Å². The Bertz CT molecular complexity index is 272. The van der Waals surface area contributed by atoms with Crippen molar-refractivity contribution in [3.63, 3.8) is 0 Å². The molecule has 0 radical (unpaired) electrons. The minimum absolute atomic E-state index is 0.00523. The van der Waals surface area contributed by atoms with Crippen molar-refractivity contribution in [2.24, 2.45) is 17.8 Å². The van der Waals surface area contributed by atoms with Gasteiger partial charge >= 0.3 is 5.97 Å². The lowest BCUT2D eigenvalue weighted by atomic mass is 9.62. The van der Waals surface area contributed by atoms with Gasteiger partial charge in [0.15, 0.2) is 0 Å². The fourth-order valence-corrected chi connectivity index (χ4v) is 3.31. The van der Waals surface area contributed by atoms with Gasteiger partial charge in [0.25, 0.3) is 0 Å². The van der Waals surface area contributed by atoms with Crippen molar-refractivity contribution in [3.05, 3.63) is 0 Å². The molecular formula is C11H16O3. The van der Waals surface area contributed by atoms with Gasteiger partial charge in [-0.3, -0.25) is 4.79 Å². The fraction of sp³-hybridized carbons (Fsp3) is 0.909. The molecule has 1 unspecified atom stereocenters. The van der Waals surface area contributed by atoms with Gasteiger partial charge in [-0.15, -0.1) is 0 Å². The van der Waals surface area contributed by atoms with Gasteiger partial charge in [-0.1, -0.05) is 0 Å². The zero-order valence-electron chi connectivity index (χ0n) is 8.24. The molecule has 14 heavy (non-hydrogen) atoms. The third-order valence-electron chi connectivity index (χ3n) is 4.26. The summed E-state index contributed by atoms with van der Waals surface area (Å²) in [6, 6.07) is 0. The molecule has 0 spiro atoms. The third kappa shape index (κ3) is 0.937. The molecule has 0 amide bonds. The van der Waals surface area contributed by atoms with Gasteiger partial charge in [0.2, 0.25) is 0 Å². The molecule has 2 aliphatic carbocycles. The number of carbonyl (C=O) groups is 1. The Morgan fingerprint density at radius 3 is 2.71 bits per heavy atom. The van der Waals surface area contributed by atoms with Crippen LogP contribution in [0, 0.1) is 17.8 Å². The molecule has 1 N–H and O–H groups in total. The zero-order valence-corrected chi connectivity index (χ0v) is 8.24. The van der Waals surface area contributed by atoms with E-state index in [2.05, 4.69) is 0 Å². The number of hydrogen-bond donors (Lipinski definition) is 1. The summed E-state index contributed by atoms with van der Waals surface area (Å²) < 4.78 is 5.59. The molecule has 3 aliphatic rings. The normalized spacial score (nSPS) is 45.6. The fourth-order valence-electron chi connectivity index (χ4n) is 3.31. The minimum Gasteiger partial charge on any atom is -0.458 e. The number of fused-ring (bicyclic) bond motifs is 1. The number of carbonyl (C=O) groups excluding carboxylic acids is 1. The largest absolute Gasteiger partial charge is 0.458 e. The van der Waals surface area contributed by atoms with Crippen LogP contribution in [0.4, 0.5) is 0 Å². The molecule has 1 heterocycles. The Morgan fingerprint density at radius 1 is 1.43 bits per heavy atom. The van der Waals surface area contributed by atoms with Gasteiger partial charge in [-0.05, 0) is 38.0 Å². The van der Waals surface area contributed by atoms with Crippen LogP contribution in [0.15, 0.2) is 0 Å². The summed E-state index contributed by atoms with van der Waals surface area (Å²) in [6.45, 7) is 0.108. The Kier molecular flexibility index (Phi) is 1.69. The van der Waals surface area contributed by atoms with E-state index in [0.717, 1.165) is 12.8 Å². The van der Waals surface area contributed by atoms with E-state index in [-0.39, 0.29) is 24.1 Å². The standard InChI is InChI=1S/C11H16O3/c12-6-4-8-9-3-5-11(9,7-1-2-7)14-10(8)13/h7-9,12H,1-6H2/t8?,9-,11+/m1/s1. The first-order chi connectivity index (χ1) is 6.78. The molecule has 1 saturated heterocycles. The van der Waals surface area contributed by atoms with Crippen LogP contribution in [-0.4, -0.2) is 23.3 Å². The van der Waals surface area contributed by atoms with Crippen molar-refractivity contribution in [1.82, 2.24) is 0 Å². The second-order valence-corrected chi connectivity index (χ2v) is 4.91. The van der Waals surface area contributed by atoms with Crippen molar-refractivity contribution in [3.8, 4) is 0 Å². The number of ether oxygens (including phenoxy) is 1. The van der Waals surface area contributed by atoms with Crippen molar-refractivity contribution < 1.29 is 14.6 Å². The molecule has 0 bridgehead atoms. The Balaban J connectivity index is 1.81. The van der Waals surface area contributed by atoms with E-state index in [1.807, 2.05) is 0 Å². The van der Waals surface area contributed by atoms with E-state index in [9.17, 15) is 4.79 Å². The Morgan fingerprint density at radius 2 is 2.21 bits per heavy atom. The van der Waals surface area contributed by atoms with E-state index in [1.165, 1.54) is 12.8 Å². The molecule has 0 aromatic carbocycles. The average Bonchev–Trinajstić information content (AvgIpc) is 2.91. The van der Waals surface area contributed by atoms with Crippen LogP contribution in [0.1, 0.15) is 32.1 Å². The first-order valence-corrected chi connectivity index (χ1v) is 5.61. The summed E-state index contributed by atoms with van der Waals surface area (Å²) in [5, 5.41) is 8.90. The van der Waals surface area contributed by atoms with Crippen LogP contribution in [0.25, 0.3) is 0 Å². The van der Waals surface area contributed by atoms with Gasteiger partial charge in [0, 0.05) is 12.5 Å². The van der Waals surface area contributed by atoms with Crippen molar-refractivity contribution in [1.29, 1.82) is 0 Å². The first kappa shape index (κ1) is 8.72. The van der Waals surface area contributed by atoms with E-state index in [4.69, 9.17) is 9.84 Å². The molecule has 3 fully saturated rings. The highest BCUT2D eigenvalue weighted by molar-refractivity contribution is 5.77. The topological polar surface area (TPSA) is 46.5 Å². The molecule has 2 saturated carbocycles. The van der Waals surface area contributed by atoms with E-state index < -0.39 is 0 Å². The highest BCUT2D eigenvalue weighted by atomic mass is 16.6. The predicted molar refractivity (Wildman–Crippen MR) is 49.5 cm³/mol. The highest BCUT2D eigenvalue weighted by Crippen LogP contribution is 2.62. The molecule has 3 heteroatoms. The van der Waals surface area contributed by atoms with Gasteiger partial charge in [0.1, 0.15) is 5.60 Å². The van der Waals surface area contributed by atoms with Crippen LogP contribution in [0.2, 0.25) is 0 Å². The monoisotopic (exact) mass is 196 g/mol. The van der Waals surface area contributed by atoms with Crippen LogP contribution < -0.4 is 0 Å². The molecule has 0 aromatic heterocycles. The maximum atomic E-state index is 11.6. The van der Waals surface area contributed by atoms with Crippen LogP contribution in [-0.2, 0) is 9.53 Å². The number of hydrogen-bond acceptors (Lipinski definition) is 3. The Hall–Kier alpha value is -0.570. The highest BCUT2D eigenvalue weighted by Gasteiger charge is 2.66. The minimum atomic E-state index is -0.0725. The Labute approximate surface area is 83.4 Å². The predicted octanol–water partition coefficient (Wildman–Crippen LogP) is 1.10.